The van der Waals surface area contributed by atoms with Crippen LogP contribution in [0.2, 0.25) is 0 Å². The minimum Gasteiger partial charge on any atom is -0.310 e. The summed E-state index contributed by atoms with van der Waals surface area (Å²) in [6.45, 7) is 0. The van der Waals surface area contributed by atoms with Crippen LogP contribution in [0.25, 0.3) is 65.7 Å². The molecular formula is C48H33N. The summed E-state index contributed by atoms with van der Waals surface area (Å²) in [7, 11) is 0. The minimum absolute atomic E-state index is 1.11. The number of anilines is 3. The zero-order chi connectivity index (χ0) is 32.6. The Morgan fingerprint density at radius 3 is 1.39 bits per heavy atom. The molecule has 0 aliphatic rings. The molecule has 230 valence electrons. The molecule has 9 aromatic rings. The van der Waals surface area contributed by atoms with Crippen LogP contribution in [0.15, 0.2) is 200 Å². The van der Waals surface area contributed by atoms with Crippen LogP contribution < -0.4 is 4.90 Å². The number of rotatable bonds is 6. The lowest BCUT2D eigenvalue weighted by Crippen LogP contribution is -2.10. The largest absolute Gasteiger partial charge is 0.310 e. The Bertz CT molecular complexity index is 2560. The van der Waals surface area contributed by atoms with Gasteiger partial charge in [0.05, 0.1) is 0 Å². The van der Waals surface area contributed by atoms with Gasteiger partial charge in [0.1, 0.15) is 0 Å². The average molecular weight is 624 g/mol. The fraction of sp³-hybridized carbons (Fsp3) is 0. The maximum atomic E-state index is 2.38. The van der Waals surface area contributed by atoms with E-state index in [1.165, 1.54) is 65.7 Å². The van der Waals surface area contributed by atoms with Crippen molar-refractivity contribution in [2.75, 3.05) is 4.90 Å². The predicted octanol–water partition coefficient (Wildman–Crippen LogP) is 13.6. The maximum absolute atomic E-state index is 2.38. The van der Waals surface area contributed by atoms with E-state index in [1.54, 1.807) is 0 Å². The van der Waals surface area contributed by atoms with Crippen LogP contribution in [0, 0.1) is 0 Å². The van der Waals surface area contributed by atoms with Crippen LogP contribution in [-0.4, -0.2) is 0 Å². The molecule has 9 aromatic carbocycles. The Balaban J connectivity index is 1.19. The Hall–Kier alpha value is -6.44. The number of benzene rings is 9. The molecule has 0 radical (unpaired) electrons. The summed E-state index contributed by atoms with van der Waals surface area (Å²) in [6, 6.07) is 72.5. The molecule has 0 fully saturated rings. The van der Waals surface area contributed by atoms with Gasteiger partial charge in [-0.1, -0.05) is 158 Å². The van der Waals surface area contributed by atoms with Gasteiger partial charge in [-0.15, -0.1) is 0 Å². The number of hydrogen-bond donors (Lipinski definition) is 0. The molecule has 0 spiro atoms. The van der Waals surface area contributed by atoms with Gasteiger partial charge in [0.2, 0.25) is 0 Å². The average Bonchev–Trinajstić information content (AvgIpc) is 3.19. The van der Waals surface area contributed by atoms with Crippen molar-refractivity contribution in [3.8, 4) is 33.4 Å². The van der Waals surface area contributed by atoms with E-state index in [4.69, 9.17) is 0 Å². The lowest BCUT2D eigenvalue weighted by atomic mass is 9.96. The fourth-order valence-corrected chi connectivity index (χ4v) is 7.13. The Kier molecular flexibility index (Phi) is 7.22. The maximum Gasteiger partial charge on any atom is 0.0468 e. The third-order valence-electron chi connectivity index (χ3n) is 9.65. The van der Waals surface area contributed by atoms with Crippen molar-refractivity contribution < 1.29 is 0 Å². The van der Waals surface area contributed by atoms with E-state index < -0.39 is 0 Å². The summed E-state index contributed by atoms with van der Waals surface area (Å²) in [5.41, 5.74) is 10.7. The second kappa shape index (κ2) is 12.3. The molecule has 0 atom stereocenters. The van der Waals surface area contributed by atoms with Crippen LogP contribution in [0.4, 0.5) is 17.1 Å². The SMILES string of the molecule is c1ccc(-c2ccc(N(c3ccc(-c4cccc5ccccc45)cc3)c3ccc4ccc5ccc(-c6ccccc6)cc5c4c3)cc2)cc1. The highest BCUT2D eigenvalue weighted by atomic mass is 15.1. The molecular weight excluding hydrogens is 591 g/mol. The number of fused-ring (bicyclic) bond motifs is 4. The van der Waals surface area contributed by atoms with Gasteiger partial charge in [0.25, 0.3) is 0 Å². The monoisotopic (exact) mass is 623 g/mol. The van der Waals surface area contributed by atoms with Crippen molar-refractivity contribution in [3.63, 3.8) is 0 Å². The summed E-state index contributed by atoms with van der Waals surface area (Å²) >= 11 is 0. The summed E-state index contributed by atoms with van der Waals surface area (Å²) in [5.74, 6) is 0. The van der Waals surface area contributed by atoms with Crippen LogP contribution in [0.5, 0.6) is 0 Å². The fourth-order valence-electron chi connectivity index (χ4n) is 7.13. The Morgan fingerprint density at radius 2 is 0.694 bits per heavy atom. The van der Waals surface area contributed by atoms with Crippen LogP contribution in [-0.2, 0) is 0 Å². The van der Waals surface area contributed by atoms with Gasteiger partial charge in [-0.3, -0.25) is 0 Å². The normalized spacial score (nSPS) is 11.3. The first-order chi connectivity index (χ1) is 24.3. The zero-order valence-corrected chi connectivity index (χ0v) is 27.0. The highest BCUT2D eigenvalue weighted by Gasteiger charge is 2.15. The first-order valence-corrected chi connectivity index (χ1v) is 16.8. The van der Waals surface area contributed by atoms with Gasteiger partial charge in [0, 0.05) is 17.1 Å². The van der Waals surface area contributed by atoms with Gasteiger partial charge >= 0.3 is 0 Å². The third-order valence-corrected chi connectivity index (χ3v) is 9.65. The van der Waals surface area contributed by atoms with E-state index in [1.807, 2.05) is 0 Å². The van der Waals surface area contributed by atoms with Crippen molar-refractivity contribution in [2.24, 2.45) is 0 Å². The highest BCUT2D eigenvalue weighted by molar-refractivity contribution is 6.10. The van der Waals surface area contributed by atoms with Crippen molar-refractivity contribution in [1.82, 2.24) is 0 Å². The van der Waals surface area contributed by atoms with E-state index in [2.05, 4.69) is 205 Å². The summed E-state index contributed by atoms with van der Waals surface area (Å²) in [6.07, 6.45) is 0. The number of nitrogens with zero attached hydrogens (tertiary/aromatic N) is 1. The van der Waals surface area contributed by atoms with Gasteiger partial charge in [-0.2, -0.15) is 0 Å². The molecule has 0 saturated heterocycles. The molecule has 0 saturated carbocycles. The van der Waals surface area contributed by atoms with E-state index in [-0.39, 0.29) is 0 Å². The molecule has 0 aromatic heterocycles. The Morgan fingerprint density at radius 1 is 0.245 bits per heavy atom. The molecule has 49 heavy (non-hydrogen) atoms. The summed E-state index contributed by atoms with van der Waals surface area (Å²) < 4.78 is 0. The molecule has 0 aliphatic heterocycles. The van der Waals surface area contributed by atoms with Gasteiger partial charge in [0.15, 0.2) is 0 Å². The summed E-state index contributed by atoms with van der Waals surface area (Å²) in [4.78, 5) is 2.38. The van der Waals surface area contributed by atoms with Gasteiger partial charge < -0.3 is 4.90 Å². The molecule has 0 unspecified atom stereocenters. The number of hydrogen-bond acceptors (Lipinski definition) is 1. The lowest BCUT2D eigenvalue weighted by molar-refractivity contribution is 1.29. The quantitative estimate of drug-likeness (QED) is 0.167. The van der Waals surface area contributed by atoms with Crippen molar-refractivity contribution in [1.29, 1.82) is 0 Å². The molecule has 1 nitrogen and oxygen atoms in total. The van der Waals surface area contributed by atoms with E-state index >= 15 is 0 Å². The first-order valence-electron chi connectivity index (χ1n) is 16.8. The topological polar surface area (TPSA) is 3.24 Å². The second-order valence-electron chi connectivity index (χ2n) is 12.6. The van der Waals surface area contributed by atoms with E-state index in [9.17, 15) is 0 Å². The standard InChI is InChI=1S/C48H33N/c1-3-10-34(11-4-1)36-22-27-42(28-23-36)49(43-29-24-38(25-30-43)46-17-9-15-37-14-7-8-16-45(37)46)44-31-26-40-19-18-39-20-21-41(32-47(39)48(40)33-44)35-12-5-2-6-13-35/h1-33H. The van der Waals surface area contributed by atoms with Gasteiger partial charge in [-0.25, -0.2) is 0 Å². The van der Waals surface area contributed by atoms with Crippen molar-refractivity contribution in [3.05, 3.63) is 200 Å². The van der Waals surface area contributed by atoms with Crippen molar-refractivity contribution >= 4 is 49.4 Å². The van der Waals surface area contributed by atoms with Gasteiger partial charge in [-0.05, 0) is 108 Å². The van der Waals surface area contributed by atoms with Crippen LogP contribution in [0.3, 0.4) is 0 Å². The molecule has 0 N–H and O–H groups in total. The van der Waals surface area contributed by atoms with Crippen LogP contribution >= 0.6 is 0 Å². The smallest absolute Gasteiger partial charge is 0.0468 e. The van der Waals surface area contributed by atoms with Crippen LogP contribution in [0.1, 0.15) is 0 Å². The summed E-state index contributed by atoms with van der Waals surface area (Å²) in [5, 5.41) is 7.48. The second-order valence-corrected chi connectivity index (χ2v) is 12.6. The molecule has 0 bridgehead atoms. The van der Waals surface area contributed by atoms with E-state index in [0.29, 0.717) is 0 Å². The minimum atomic E-state index is 1.11. The third kappa shape index (κ3) is 5.42. The Labute approximate surface area is 287 Å². The first kappa shape index (κ1) is 28.8. The lowest BCUT2D eigenvalue weighted by Gasteiger charge is -2.26. The molecule has 0 aliphatic carbocycles. The zero-order valence-electron chi connectivity index (χ0n) is 27.0. The van der Waals surface area contributed by atoms with Crippen molar-refractivity contribution in [2.45, 2.75) is 0 Å². The predicted molar refractivity (Wildman–Crippen MR) is 210 cm³/mol. The molecule has 0 heterocycles. The highest BCUT2D eigenvalue weighted by Crippen LogP contribution is 2.40. The molecule has 1 heteroatoms. The molecule has 0 amide bonds. The van der Waals surface area contributed by atoms with E-state index in [0.717, 1.165) is 17.1 Å². The molecule has 9 rings (SSSR count).